The molecular weight excluding hydrogens is 629 g/mol. The van der Waals surface area contributed by atoms with Gasteiger partial charge in [-0.25, -0.2) is 9.59 Å². The molecule has 4 rings (SSSR count). The summed E-state index contributed by atoms with van der Waals surface area (Å²) in [5.41, 5.74) is 2.71. The lowest BCUT2D eigenvalue weighted by Crippen LogP contribution is -2.55. The summed E-state index contributed by atoms with van der Waals surface area (Å²) in [6.07, 6.45) is -1.55. The van der Waals surface area contributed by atoms with Gasteiger partial charge in [-0.3, -0.25) is 20.0 Å². The monoisotopic (exact) mass is 662 g/mol. The summed E-state index contributed by atoms with van der Waals surface area (Å²) in [6, 6.07) is 23.2. The number of nitrogens with zero attached hydrogens (tertiary/aromatic N) is 2. The minimum Gasteiger partial charge on any atom is -0.444 e. The van der Waals surface area contributed by atoms with E-state index in [0.717, 1.165) is 27.4 Å². The number of H-pyrrole nitrogens is 1. The maximum absolute atomic E-state index is 13.8. The molecule has 2 atom stereocenters. The zero-order valence-corrected chi connectivity index (χ0v) is 27.0. The van der Waals surface area contributed by atoms with E-state index in [1.54, 1.807) is 69.3 Å². The second-order valence-corrected chi connectivity index (χ2v) is 12.1. The van der Waals surface area contributed by atoms with Crippen LogP contribution < -0.4 is 20.9 Å². The highest BCUT2D eigenvalue weighted by Gasteiger charge is 2.36. The first-order valence-corrected chi connectivity index (χ1v) is 15.6. The van der Waals surface area contributed by atoms with E-state index in [9.17, 15) is 19.2 Å². The number of carbonyl (C=O) groups excluding carboxylic acids is 4. The van der Waals surface area contributed by atoms with Crippen molar-refractivity contribution in [2.45, 2.75) is 46.1 Å². The van der Waals surface area contributed by atoms with Gasteiger partial charge in [-0.05, 0) is 60.5 Å². The Hall–Kier alpha value is -5.08. The number of nitrogens with one attached hydrogen (secondary N) is 4. The number of imide groups is 1. The highest BCUT2D eigenvalue weighted by atomic mass is 32.1. The summed E-state index contributed by atoms with van der Waals surface area (Å²) in [7, 11) is 0. The van der Waals surface area contributed by atoms with Gasteiger partial charge in [0.25, 0.3) is 5.91 Å². The third-order valence-electron chi connectivity index (χ3n) is 6.58. The Labute approximate surface area is 275 Å². The Morgan fingerprint density at radius 3 is 1.96 bits per heavy atom. The van der Waals surface area contributed by atoms with Gasteiger partial charge in [-0.2, -0.15) is 4.90 Å². The molecule has 0 aliphatic carbocycles. The summed E-state index contributed by atoms with van der Waals surface area (Å²) < 4.78 is 10.9. The molecule has 4 aromatic rings. The number of carbonyl (C=O) groups is 4. The molecule has 0 saturated heterocycles. The summed E-state index contributed by atoms with van der Waals surface area (Å²) in [5, 5.41) is 15.1. The molecule has 0 radical (unpaired) electrons. The normalized spacial score (nSPS) is 12.0. The number of aromatic amines is 1. The molecular formula is C32H34N6O6S2. The Kier molecular flexibility index (Phi) is 12.0. The van der Waals surface area contributed by atoms with Crippen molar-refractivity contribution in [2.24, 2.45) is 5.92 Å². The number of ether oxygens (including phenoxy) is 2. The van der Waals surface area contributed by atoms with Crippen LogP contribution in [0.5, 0.6) is 0 Å². The minimum atomic E-state index is -1.09. The van der Waals surface area contributed by atoms with Gasteiger partial charge in [0.1, 0.15) is 25.3 Å². The van der Waals surface area contributed by atoms with Crippen molar-refractivity contribution in [1.82, 2.24) is 15.5 Å². The van der Waals surface area contributed by atoms with Crippen LogP contribution in [0.1, 0.15) is 31.9 Å². The number of anilines is 3. The molecule has 46 heavy (non-hydrogen) atoms. The molecule has 12 nitrogen and oxygen atoms in total. The van der Waals surface area contributed by atoms with E-state index in [1.807, 2.05) is 36.4 Å². The molecule has 0 unspecified atom stereocenters. The number of benzene rings is 3. The number of hydrogen-bond acceptors (Lipinski definition) is 10. The maximum atomic E-state index is 13.8. The van der Waals surface area contributed by atoms with Crippen molar-refractivity contribution in [3.05, 3.63) is 100 Å². The standard InChI is InChI=1S/C32H34N6O6S2/c1-20(2)26(28(40)38(29-36-37-31(45)46-29)32(42)44-19-23-12-8-5-9-13-23)35-27(39)21(3)33-24-14-16-25(17-15-24)34-30(41)43-18-22-10-6-4-7-11-22/h4-17,20-21,26,33H,18-19H2,1-3H3,(H,34,41)(H,35,39)(H,37,45)/t21-,26-/m0/s1. The van der Waals surface area contributed by atoms with Gasteiger partial charge in [0.05, 0.1) is 0 Å². The van der Waals surface area contributed by atoms with Crippen molar-refractivity contribution in [1.29, 1.82) is 0 Å². The van der Waals surface area contributed by atoms with Gasteiger partial charge in [0.2, 0.25) is 11.0 Å². The van der Waals surface area contributed by atoms with Gasteiger partial charge in [-0.15, -0.1) is 5.10 Å². The van der Waals surface area contributed by atoms with Crippen LogP contribution in [0.25, 0.3) is 0 Å². The summed E-state index contributed by atoms with van der Waals surface area (Å²) in [5.74, 6) is -1.60. The highest BCUT2D eigenvalue weighted by molar-refractivity contribution is 7.73. The lowest BCUT2D eigenvalue weighted by Gasteiger charge is -2.27. The molecule has 240 valence electrons. The van der Waals surface area contributed by atoms with Gasteiger partial charge < -0.3 is 20.1 Å². The van der Waals surface area contributed by atoms with Crippen LogP contribution in [0.15, 0.2) is 84.9 Å². The smallest absolute Gasteiger partial charge is 0.423 e. The van der Waals surface area contributed by atoms with Crippen LogP contribution in [-0.4, -0.2) is 46.3 Å². The van der Waals surface area contributed by atoms with Crippen molar-refractivity contribution in [3.63, 3.8) is 0 Å². The molecule has 0 bridgehead atoms. The van der Waals surface area contributed by atoms with Crippen LogP contribution in [0.2, 0.25) is 0 Å². The molecule has 1 heterocycles. The number of amides is 4. The van der Waals surface area contributed by atoms with E-state index in [1.165, 1.54) is 0 Å². The maximum Gasteiger partial charge on any atom is 0.423 e. The Morgan fingerprint density at radius 1 is 0.848 bits per heavy atom. The average molecular weight is 663 g/mol. The molecule has 4 amide bonds. The molecule has 0 spiro atoms. The van der Waals surface area contributed by atoms with E-state index in [0.29, 0.717) is 11.4 Å². The third kappa shape index (κ3) is 9.71. The topological polar surface area (TPSA) is 155 Å². The summed E-state index contributed by atoms with van der Waals surface area (Å²) >= 11 is 6.04. The third-order valence-corrected chi connectivity index (χ3v) is 7.65. The molecule has 0 aliphatic heterocycles. The van der Waals surface area contributed by atoms with Crippen LogP contribution >= 0.6 is 23.6 Å². The van der Waals surface area contributed by atoms with Crippen molar-refractivity contribution in [2.75, 3.05) is 15.5 Å². The van der Waals surface area contributed by atoms with E-state index in [2.05, 4.69) is 26.1 Å². The van der Waals surface area contributed by atoms with Crippen LogP contribution in [-0.2, 0) is 32.3 Å². The fraction of sp³-hybridized carbons (Fsp3) is 0.250. The largest absolute Gasteiger partial charge is 0.444 e. The zero-order chi connectivity index (χ0) is 33.1. The molecule has 0 fully saturated rings. The Balaban J connectivity index is 1.36. The van der Waals surface area contributed by atoms with Crippen LogP contribution in [0.3, 0.4) is 0 Å². The number of hydrogen-bond donors (Lipinski definition) is 4. The van der Waals surface area contributed by atoms with E-state index in [-0.39, 0.29) is 22.3 Å². The quantitative estimate of drug-likeness (QED) is 0.129. The van der Waals surface area contributed by atoms with Gasteiger partial charge in [0.15, 0.2) is 3.95 Å². The van der Waals surface area contributed by atoms with E-state index in [4.69, 9.17) is 21.7 Å². The molecule has 0 saturated carbocycles. The number of aromatic nitrogens is 2. The predicted molar refractivity (Wildman–Crippen MR) is 178 cm³/mol. The first-order valence-electron chi connectivity index (χ1n) is 14.4. The highest BCUT2D eigenvalue weighted by Crippen LogP contribution is 2.22. The summed E-state index contributed by atoms with van der Waals surface area (Å²) in [6.45, 7) is 5.20. The van der Waals surface area contributed by atoms with E-state index >= 15 is 0 Å². The molecule has 3 aromatic carbocycles. The van der Waals surface area contributed by atoms with Crippen molar-refractivity contribution < 1.29 is 28.7 Å². The molecule has 1 aromatic heterocycles. The Morgan fingerprint density at radius 2 is 1.41 bits per heavy atom. The van der Waals surface area contributed by atoms with Crippen LogP contribution in [0.4, 0.5) is 26.1 Å². The van der Waals surface area contributed by atoms with Gasteiger partial charge in [0, 0.05) is 11.4 Å². The SMILES string of the molecule is CC(C)[C@H](NC(=O)[C@H](C)Nc1ccc(NC(=O)OCc2ccccc2)cc1)C(=O)N(C(=O)OCc1ccccc1)c1n[nH]c(=S)s1. The predicted octanol–water partition coefficient (Wildman–Crippen LogP) is 6.26. The molecule has 4 N–H and O–H groups in total. The minimum absolute atomic E-state index is 0.00298. The fourth-order valence-electron chi connectivity index (χ4n) is 4.14. The van der Waals surface area contributed by atoms with Crippen molar-refractivity contribution >= 4 is 64.1 Å². The second kappa shape index (κ2) is 16.3. The first kappa shape index (κ1) is 33.8. The Bertz CT molecular complexity index is 1680. The first-order chi connectivity index (χ1) is 22.1. The lowest BCUT2D eigenvalue weighted by molar-refractivity contribution is -0.128. The second-order valence-electron chi connectivity index (χ2n) is 10.5. The van der Waals surface area contributed by atoms with Gasteiger partial charge >= 0.3 is 12.2 Å². The number of rotatable bonds is 12. The van der Waals surface area contributed by atoms with Crippen molar-refractivity contribution in [3.8, 4) is 0 Å². The van der Waals surface area contributed by atoms with Gasteiger partial charge in [-0.1, -0.05) is 85.8 Å². The zero-order valence-electron chi connectivity index (χ0n) is 25.4. The van der Waals surface area contributed by atoms with Crippen LogP contribution in [0, 0.1) is 9.87 Å². The summed E-state index contributed by atoms with van der Waals surface area (Å²) in [4.78, 5) is 53.2. The lowest BCUT2D eigenvalue weighted by atomic mass is 10.0. The van der Waals surface area contributed by atoms with E-state index < -0.39 is 42.0 Å². The fourth-order valence-corrected chi connectivity index (χ4v) is 5.01. The average Bonchev–Trinajstić information content (AvgIpc) is 3.48. The molecule has 14 heteroatoms. The molecule has 0 aliphatic rings.